The fourth-order valence-electron chi connectivity index (χ4n) is 2.31. The molecule has 0 aliphatic rings. The summed E-state index contributed by atoms with van der Waals surface area (Å²) in [5.74, 6) is 0.535. The van der Waals surface area contributed by atoms with Gasteiger partial charge in [0.05, 0.1) is 17.5 Å². The molecule has 4 rings (SSSR count). The van der Waals surface area contributed by atoms with Crippen molar-refractivity contribution in [3.8, 4) is 6.07 Å². The van der Waals surface area contributed by atoms with E-state index in [1.165, 1.54) is 0 Å². The SMILES string of the molecule is N#Cc1ccc2ncc(/C=C\c3nc4ccccc4o3)n2c1. The Morgan fingerprint density at radius 3 is 2.91 bits per heavy atom. The molecule has 4 aromatic rings. The van der Waals surface area contributed by atoms with Gasteiger partial charge in [0.1, 0.15) is 17.2 Å². The van der Waals surface area contributed by atoms with Crippen molar-refractivity contribution < 1.29 is 4.42 Å². The Bertz CT molecular complexity index is 1020. The van der Waals surface area contributed by atoms with E-state index >= 15 is 0 Å². The highest BCUT2D eigenvalue weighted by Gasteiger charge is 2.04. The number of rotatable bonds is 2. The molecule has 0 aliphatic heterocycles. The molecule has 0 atom stereocenters. The number of pyridine rings is 1. The summed E-state index contributed by atoms with van der Waals surface area (Å²) < 4.78 is 7.50. The standard InChI is InChI=1S/C17H10N4O/c18-9-12-5-7-16-19-10-13(21(16)11-12)6-8-17-20-14-3-1-2-4-15(14)22-17/h1-8,10-11H/b8-6-. The van der Waals surface area contributed by atoms with E-state index in [-0.39, 0.29) is 0 Å². The molecular weight excluding hydrogens is 276 g/mol. The minimum absolute atomic E-state index is 0.535. The smallest absolute Gasteiger partial charge is 0.220 e. The summed E-state index contributed by atoms with van der Waals surface area (Å²) in [6.45, 7) is 0. The molecule has 3 heterocycles. The van der Waals surface area contributed by atoms with Crippen LogP contribution in [0.15, 0.2) is 53.2 Å². The summed E-state index contributed by atoms with van der Waals surface area (Å²) >= 11 is 0. The van der Waals surface area contributed by atoms with Crippen molar-refractivity contribution in [3.63, 3.8) is 0 Å². The molecule has 5 nitrogen and oxygen atoms in total. The molecule has 0 saturated heterocycles. The maximum atomic E-state index is 8.99. The highest BCUT2D eigenvalue weighted by atomic mass is 16.3. The molecular formula is C17H10N4O. The summed E-state index contributed by atoms with van der Waals surface area (Å²) in [6.07, 6.45) is 7.16. The van der Waals surface area contributed by atoms with Crippen LogP contribution in [0.25, 0.3) is 28.9 Å². The zero-order chi connectivity index (χ0) is 14.9. The molecule has 22 heavy (non-hydrogen) atoms. The molecule has 5 heteroatoms. The van der Waals surface area contributed by atoms with Crippen LogP contribution >= 0.6 is 0 Å². The Labute approximate surface area is 125 Å². The summed E-state index contributed by atoms with van der Waals surface area (Å²) in [4.78, 5) is 8.69. The monoisotopic (exact) mass is 286 g/mol. The molecule has 0 spiro atoms. The second-order valence-electron chi connectivity index (χ2n) is 4.79. The Hall–Kier alpha value is -3.39. The van der Waals surface area contributed by atoms with Crippen molar-refractivity contribution in [1.82, 2.24) is 14.4 Å². The summed E-state index contributed by atoms with van der Waals surface area (Å²) in [7, 11) is 0. The lowest BCUT2D eigenvalue weighted by molar-refractivity contribution is 0.589. The van der Waals surface area contributed by atoms with Gasteiger partial charge in [-0.3, -0.25) is 4.40 Å². The van der Waals surface area contributed by atoms with E-state index < -0.39 is 0 Å². The van der Waals surface area contributed by atoms with Crippen LogP contribution in [0.4, 0.5) is 0 Å². The number of fused-ring (bicyclic) bond motifs is 2. The second-order valence-corrected chi connectivity index (χ2v) is 4.79. The van der Waals surface area contributed by atoms with Gasteiger partial charge in [0.15, 0.2) is 5.58 Å². The van der Waals surface area contributed by atoms with Crippen LogP contribution < -0.4 is 0 Å². The lowest BCUT2D eigenvalue weighted by atomic mass is 10.3. The van der Waals surface area contributed by atoms with E-state index in [4.69, 9.17) is 9.68 Å². The van der Waals surface area contributed by atoms with Gasteiger partial charge in [-0.2, -0.15) is 5.26 Å². The van der Waals surface area contributed by atoms with Gasteiger partial charge < -0.3 is 4.42 Å². The molecule has 0 aliphatic carbocycles. The number of hydrogen-bond acceptors (Lipinski definition) is 4. The summed E-state index contributed by atoms with van der Waals surface area (Å²) in [6, 6.07) is 13.3. The quantitative estimate of drug-likeness (QED) is 0.565. The summed E-state index contributed by atoms with van der Waals surface area (Å²) in [5, 5.41) is 8.99. The maximum Gasteiger partial charge on any atom is 0.220 e. The van der Waals surface area contributed by atoms with Crippen LogP contribution in [0.1, 0.15) is 17.1 Å². The van der Waals surface area contributed by atoms with Crippen LogP contribution in [0.5, 0.6) is 0 Å². The second kappa shape index (κ2) is 4.86. The molecule has 0 unspecified atom stereocenters. The molecule has 0 fully saturated rings. The first kappa shape index (κ1) is 12.4. The fraction of sp³-hybridized carbons (Fsp3) is 0. The third kappa shape index (κ3) is 2.03. The number of benzene rings is 1. The van der Waals surface area contributed by atoms with Gasteiger partial charge in [-0.15, -0.1) is 0 Å². The molecule has 0 N–H and O–H groups in total. The predicted molar refractivity (Wildman–Crippen MR) is 82.8 cm³/mol. The zero-order valence-electron chi connectivity index (χ0n) is 11.5. The van der Waals surface area contributed by atoms with Gasteiger partial charge in [0.25, 0.3) is 0 Å². The van der Waals surface area contributed by atoms with Crippen molar-refractivity contribution in [3.05, 3.63) is 65.9 Å². The Kier molecular flexibility index (Phi) is 2.73. The highest BCUT2D eigenvalue weighted by molar-refractivity contribution is 5.75. The Morgan fingerprint density at radius 2 is 2.05 bits per heavy atom. The van der Waals surface area contributed by atoms with Crippen LogP contribution in [0, 0.1) is 11.3 Å². The largest absolute Gasteiger partial charge is 0.437 e. The van der Waals surface area contributed by atoms with Crippen LogP contribution in [0.2, 0.25) is 0 Å². The number of oxazole rings is 1. The van der Waals surface area contributed by atoms with Gasteiger partial charge >= 0.3 is 0 Å². The molecule has 3 aromatic heterocycles. The predicted octanol–water partition coefficient (Wildman–Crippen LogP) is 3.52. The molecule has 0 saturated carbocycles. The van der Waals surface area contributed by atoms with E-state index in [0.29, 0.717) is 11.5 Å². The fourth-order valence-corrected chi connectivity index (χ4v) is 2.31. The molecule has 0 bridgehead atoms. The number of nitriles is 1. The Balaban J connectivity index is 1.74. The zero-order valence-corrected chi connectivity index (χ0v) is 11.5. The van der Waals surface area contributed by atoms with E-state index in [1.807, 2.05) is 40.8 Å². The summed E-state index contributed by atoms with van der Waals surface area (Å²) in [5.41, 5.74) is 3.81. The molecule has 1 aromatic carbocycles. The minimum atomic E-state index is 0.535. The lowest BCUT2D eigenvalue weighted by Crippen LogP contribution is -1.88. The van der Waals surface area contributed by atoms with Crippen molar-refractivity contribution >= 4 is 28.9 Å². The first-order chi connectivity index (χ1) is 10.8. The average Bonchev–Trinajstić information content (AvgIpc) is 3.15. The van der Waals surface area contributed by atoms with E-state index in [9.17, 15) is 0 Å². The maximum absolute atomic E-state index is 8.99. The number of hydrogen-bond donors (Lipinski definition) is 0. The van der Waals surface area contributed by atoms with Crippen molar-refractivity contribution in [2.75, 3.05) is 0 Å². The first-order valence-electron chi connectivity index (χ1n) is 6.74. The van der Waals surface area contributed by atoms with E-state index in [0.717, 1.165) is 22.4 Å². The van der Waals surface area contributed by atoms with Crippen molar-refractivity contribution in [2.24, 2.45) is 0 Å². The lowest BCUT2D eigenvalue weighted by Gasteiger charge is -1.96. The molecule has 0 amide bonds. The number of aromatic nitrogens is 3. The van der Waals surface area contributed by atoms with Gasteiger partial charge in [-0.05, 0) is 30.3 Å². The van der Waals surface area contributed by atoms with Gasteiger partial charge in [-0.25, -0.2) is 9.97 Å². The first-order valence-corrected chi connectivity index (χ1v) is 6.74. The topological polar surface area (TPSA) is 67.1 Å². The molecule has 104 valence electrons. The van der Waals surface area contributed by atoms with Gasteiger partial charge in [-0.1, -0.05) is 12.1 Å². The van der Waals surface area contributed by atoms with E-state index in [1.54, 1.807) is 24.5 Å². The number of para-hydroxylation sites is 2. The number of nitrogens with zero attached hydrogens (tertiary/aromatic N) is 4. The van der Waals surface area contributed by atoms with Gasteiger partial charge in [0, 0.05) is 12.3 Å². The normalized spacial score (nSPS) is 11.4. The third-order valence-electron chi connectivity index (χ3n) is 3.37. The average molecular weight is 286 g/mol. The number of imidazole rings is 1. The Morgan fingerprint density at radius 1 is 1.14 bits per heavy atom. The van der Waals surface area contributed by atoms with Crippen LogP contribution in [-0.2, 0) is 0 Å². The molecule has 0 radical (unpaired) electrons. The minimum Gasteiger partial charge on any atom is -0.437 e. The highest BCUT2D eigenvalue weighted by Crippen LogP contribution is 2.17. The van der Waals surface area contributed by atoms with Crippen LogP contribution in [0.3, 0.4) is 0 Å². The van der Waals surface area contributed by atoms with Crippen LogP contribution in [-0.4, -0.2) is 14.4 Å². The van der Waals surface area contributed by atoms with E-state index in [2.05, 4.69) is 16.0 Å². The van der Waals surface area contributed by atoms with Gasteiger partial charge in [0.2, 0.25) is 5.89 Å². The third-order valence-corrected chi connectivity index (χ3v) is 3.37. The van der Waals surface area contributed by atoms with Crippen molar-refractivity contribution in [2.45, 2.75) is 0 Å². The van der Waals surface area contributed by atoms with Crippen molar-refractivity contribution in [1.29, 1.82) is 5.26 Å².